The summed E-state index contributed by atoms with van der Waals surface area (Å²) in [5.41, 5.74) is 2.88. The summed E-state index contributed by atoms with van der Waals surface area (Å²) < 4.78 is 18.2. The number of likely N-dealkylation sites (N-methyl/N-ethyl adjacent to an activating group) is 1. The van der Waals surface area contributed by atoms with Crippen molar-refractivity contribution in [2.75, 3.05) is 46.1 Å². The number of rotatable bonds is 11. The van der Waals surface area contributed by atoms with E-state index in [0.29, 0.717) is 40.4 Å². The summed E-state index contributed by atoms with van der Waals surface area (Å²) in [6.07, 6.45) is 4.69. The van der Waals surface area contributed by atoms with Gasteiger partial charge in [0.2, 0.25) is 0 Å². The lowest BCUT2D eigenvalue weighted by Gasteiger charge is -2.34. The number of benzene rings is 4. The average molecular weight is 652 g/mol. The minimum Gasteiger partial charge on any atom is -0.493 e. The first kappa shape index (κ1) is 32.5. The quantitative estimate of drug-likeness (QED) is 0.164. The molecule has 4 aromatic carbocycles. The molecule has 0 spiro atoms. The number of nitrogens with zero attached hydrogens (tertiary/aromatic N) is 2. The summed E-state index contributed by atoms with van der Waals surface area (Å²) in [5, 5.41) is 2.93. The molecule has 5 nitrogen and oxygen atoms in total. The number of hydrogen-bond acceptors (Lipinski definition) is 4. The topological polar surface area (TPSA) is 49.9 Å². The van der Waals surface area contributed by atoms with E-state index in [0.717, 1.165) is 60.1 Å². The van der Waals surface area contributed by atoms with Crippen LogP contribution < -0.4 is 4.74 Å². The molecule has 2 atom stereocenters. The van der Waals surface area contributed by atoms with Gasteiger partial charge in [0.05, 0.1) is 33.0 Å². The first-order valence-electron chi connectivity index (χ1n) is 15.3. The number of ether oxygens (including phenoxy) is 1. The Morgan fingerprint density at radius 3 is 2.45 bits per heavy atom. The van der Waals surface area contributed by atoms with Gasteiger partial charge in [0.25, 0.3) is 5.91 Å². The third-order valence-corrected chi connectivity index (χ3v) is 10.4. The summed E-state index contributed by atoms with van der Waals surface area (Å²) in [4.78, 5) is 19.3. The van der Waals surface area contributed by atoms with Crippen LogP contribution in [-0.2, 0) is 10.8 Å². The molecule has 1 aliphatic rings. The number of carbonyl (C=O) groups excluding carboxylic acids is 1. The number of amides is 1. The standard InChI is InChI=1S/C36H40Cl2N2O3S/c1-4-43-33-16-14-25-9-5-6-11-30(25)35(33)36(41)39(2)24-28(27-13-15-31(37)32(38)23-27)19-22-40-20-17-26(18-21-40)29-10-7-8-12-34(29)44(3)42/h5-16,23,26,28H,4,17-22,24H2,1-3H3. The van der Waals surface area contributed by atoms with Crippen LogP contribution in [0.15, 0.2) is 83.8 Å². The number of likely N-dealkylation sites (tertiary alicyclic amines) is 1. The first-order valence-corrected chi connectivity index (χ1v) is 17.6. The van der Waals surface area contributed by atoms with Crippen molar-refractivity contribution in [3.63, 3.8) is 0 Å². The highest BCUT2D eigenvalue weighted by molar-refractivity contribution is 7.84. The van der Waals surface area contributed by atoms with Crippen LogP contribution in [0.1, 0.15) is 59.5 Å². The van der Waals surface area contributed by atoms with Crippen LogP contribution in [0.3, 0.4) is 0 Å². The SMILES string of the molecule is CCOc1ccc2ccccc2c1C(=O)N(C)CC(CCN1CCC(c2ccccc2S(C)=O)CC1)c1ccc(Cl)c(Cl)c1. The molecule has 5 rings (SSSR count). The highest BCUT2D eigenvalue weighted by Crippen LogP contribution is 2.34. The van der Waals surface area contributed by atoms with Crippen molar-refractivity contribution in [2.45, 2.75) is 42.9 Å². The zero-order valence-electron chi connectivity index (χ0n) is 25.6. The smallest absolute Gasteiger partial charge is 0.258 e. The maximum absolute atomic E-state index is 14.1. The zero-order chi connectivity index (χ0) is 31.2. The van der Waals surface area contributed by atoms with Crippen LogP contribution in [0.2, 0.25) is 10.0 Å². The van der Waals surface area contributed by atoms with Gasteiger partial charge in [-0.05, 0) is 97.9 Å². The van der Waals surface area contributed by atoms with Crippen LogP contribution in [0.5, 0.6) is 5.75 Å². The molecule has 0 radical (unpaired) electrons. The molecule has 1 aliphatic heterocycles. The van der Waals surface area contributed by atoms with E-state index in [-0.39, 0.29) is 11.8 Å². The molecule has 1 heterocycles. The van der Waals surface area contributed by atoms with Gasteiger partial charge in [0.15, 0.2) is 0 Å². The second kappa shape index (κ2) is 14.9. The first-order chi connectivity index (χ1) is 21.3. The normalized spacial score (nSPS) is 15.7. The second-order valence-corrected chi connectivity index (χ2v) is 13.7. The van der Waals surface area contributed by atoms with Gasteiger partial charge in [-0.1, -0.05) is 77.8 Å². The van der Waals surface area contributed by atoms with Crippen LogP contribution >= 0.6 is 23.2 Å². The maximum atomic E-state index is 14.1. The Hall–Kier alpha value is -2.90. The highest BCUT2D eigenvalue weighted by Gasteiger charge is 2.27. The summed E-state index contributed by atoms with van der Waals surface area (Å²) in [6.45, 7) is 5.79. The minimum absolute atomic E-state index is 0.0604. The van der Waals surface area contributed by atoms with Gasteiger partial charge >= 0.3 is 0 Å². The maximum Gasteiger partial charge on any atom is 0.258 e. The van der Waals surface area contributed by atoms with Crippen molar-refractivity contribution < 1.29 is 13.7 Å². The van der Waals surface area contributed by atoms with Gasteiger partial charge in [0, 0.05) is 30.7 Å². The van der Waals surface area contributed by atoms with Crippen LogP contribution in [0.25, 0.3) is 10.8 Å². The molecule has 44 heavy (non-hydrogen) atoms. The Balaban J connectivity index is 1.32. The summed E-state index contributed by atoms with van der Waals surface area (Å²) in [5.74, 6) is 1.01. The monoisotopic (exact) mass is 650 g/mol. The minimum atomic E-state index is -0.994. The molecule has 232 valence electrons. The Kier molecular flexibility index (Phi) is 11.0. The predicted molar refractivity (Wildman–Crippen MR) is 183 cm³/mol. The lowest BCUT2D eigenvalue weighted by molar-refractivity contribution is 0.0779. The molecule has 0 bridgehead atoms. The Morgan fingerprint density at radius 2 is 1.73 bits per heavy atom. The fourth-order valence-corrected chi connectivity index (χ4v) is 7.51. The van der Waals surface area contributed by atoms with E-state index >= 15 is 0 Å². The van der Waals surface area contributed by atoms with Crippen molar-refractivity contribution in [1.29, 1.82) is 0 Å². The molecule has 0 aromatic heterocycles. The molecule has 2 unspecified atom stereocenters. The van der Waals surface area contributed by atoms with E-state index in [4.69, 9.17) is 27.9 Å². The number of piperidine rings is 1. The van der Waals surface area contributed by atoms with E-state index < -0.39 is 10.8 Å². The van der Waals surface area contributed by atoms with Crippen molar-refractivity contribution in [2.24, 2.45) is 0 Å². The number of halogens is 2. The molecule has 1 fully saturated rings. The Morgan fingerprint density at radius 1 is 1.00 bits per heavy atom. The highest BCUT2D eigenvalue weighted by atomic mass is 35.5. The van der Waals surface area contributed by atoms with Crippen LogP contribution in [0.4, 0.5) is 0 Å². The number of carbonyl (C=O) groups is 1. The van der Waals surface area contributed by atoms with Gasteiger partial charge in [-0.2, -0.15) is 0 Å². The molecule has 1 amide bonds. The van der Waals surface area contributed by atoms with Crippen molar-refractivity contribution >= 4 is 50.7 Å². The summed E-state index contributed by atoms with van der Waals surface area (Å²) >= 11 is 12.8. The van der Waals surface area contributed by atoms with E-state index in [9.17, 15) is 9.00 Å². The molecule has 0 saturated carbocycles. The molecule has 1 saturated heterocycles. The zero-order valence-corrected chi connectivity index (χ0v) is 27.9. The predicted octanol–water partition coefficient (Wildman–Crippen LogP) is 8.41. The van der Waals surface area contributed by atoms with E-state index in [2.05, 4.69) is 11.0 Å². The third-order valence-electron chi connectivity index (χ3n) is 8.71. The molecular weight excluding hydrogens is 611 g/mol. The average Bonchev–Trinajstić information content (AvgIpc) is 3.04. The number of hydrogen-bond donors (Lipinski definition) is 0. The van der Waals surface area contributed by atoms with Gasteiger partial charge in [-0.15, -0.1) is 0 Å². The fraction of sp³-hybridized carbons (Fsp3) is 0.361. The van der Waals surface area contributed by atoms with Crippen LogP contribution in [0, 0.1) is 0 Å². The lowest BCUT2D eigenvalue weighted by Crippen LogP contribution is -2.36. The molecular formula is C36H40Cl2N2O3S. The van der Waals surface area contributed by atoms with E-state index in [1.54, 1.807) is 6.26 Å². The van der Waals surface area contributed by atoms with Gasteiger partial charge in [0.1, 0.15) is 5.75 Å². The van der Waals surface area contributed by atoms with Crippen LogP contribution in [-0.4, -0.2) is 66.0 Å². The van der Waals surface area contributed by atoms with Gasteiger partial charge < -0.3 is 14.5 Å². The van der Waals surface area contributed by atoms with Crippen molar-refractivity contribution in [3.05, 3.63) is 106 Å². The Bertz CT molecular complexity index is 1640. The third kappa shape index (κ3) is 7.48. The number of fused-ring (bicyclic) bond motifs is 1. The fourth-order valence-electron chi connectivity index (χ4n) is 6.37. The Labute approximate surface area is 273 Å². The van der Waals surface area contributed by atoms with Gasteiger partial charge in [-0.3, -0.25) is 9.00 Å². The lowest BCUT2D eigenvalue weighted by atomic mass is 9.88. The molecule has 0 N–H and O–H groups in total. The van der Waals surface area contributed by atoms with E-state index in [1.807, 2.05) is 91.7 Å². The molecule has 4 aromatic rings. The second-order valence-electron chi connectivity index (χ2n) is 11.5. The van der Waals surface area contributed by atoms with E-state index in [1.165, 1.54) is 5.56 Å². The largest absolute Gasteiger partial charge is 0.493 e. The molecule has 8 heteroatoms. The van der Waals surface area contributed by atoms with Crippen molar-refractivity contribution in [1.82, 2.24) is 9.80 Å². The summed E-state index contributed by atoms with van der Waals surface area (Å²) in [7, 11) is 0.872. The van der Waals surface area contributed by atoms with Crippen molar-refractivity contribution in [3.8, 4) is 5.75 Å². The van der Waals surface area contributed by atoms with Gasteiger partial charge in [-0.25, -0.2) is 0 Å². The molecule has 0 aliphatic carbocycles. The summed E-state index contributed by atoms with van der Waals surface area (Å²) in [6, 6.07) is 25.8.